The maximum atomic E-state index is 5.77. The maximum Gasteiger partial charge on any atom is 0.159 e. The van der Waals surface area contributed by atoms with E-state index in [0.717, 1.165) is 36.5 Å². The van der Waals surface area contributed by atoms with Crippen molar-refractivity contribution in [2.24, 2.45) is 5.92 Å². The summed E-state index contributed by atoms with van der Waals surface area (Å²) in [6.45, 7) is 8.14. The maximum absolute atomic E-state index is 5.77. The van der Waals surface area contributed by atoms with Crippen LogP contribution in [0.15, 0.2) is 36.7 Å². The van der Waals surface area contributed by atoms with E-state index in [1.54, 1.807) is 12.4 Å². The summed E-state index contributed by atoms with van der Waals surface area (Å²) in [4.78, 5) is 8.83. The molecule has 1 atom stereocenters. The number of rotatable bonds is 12. The Bertz CT molecular complexity index is 611. The van der Waals surface area contributed by atoms with E-state index in [1.165, 1.54) is 25.7 Å². The van der Waals surface area contributed by atoms with Gasteiger partial charge in [0.25, 0.3) is 0 Å². The average Bonchev–Trinajstić information content (AvgIpc) is 2.69. The molecule has 1 aromatic carbocycles. The van der Waals surface area contributed by atoms with Crippen molar-refractivity contribution in [2.75, 3.05) is 13.2 Å². The van der Waals surface area contributed by atoms with Crippen molar-refractivity contribution in [3.8, 4) is 22.9 Å². The summed E-state index contributed by atoms with van der Waals surface area (Å²) in [5.41, 5.74) is 0.981. The molecule has 0 saturated carbocycles. The smallest absolute Gasteiger partial charge is 0.159 e. The number of unbranched alkanes of at least 4 members (excludes halogenated alkanes) is 3. The van der Waals surface area contributed by atoms with Crippen LogP contribution in [-0.2, 0) is 0 Å². The first-order chi connectivity index (χ1) is 12.7. The normalized spacial score (nSPS) is 12.0. The van der Waals surface area contributed by atoms with Crippen LogP contribution in [0.5, 0.6) is 11.5 Å². The Morgan fingerprint density at radius 3 is 2.19 bits per heavy atom. The number of nitrogens with zero attached hydrogens (tertiary/aromatic N) is 2. The summed E-state index contributed by atoms with van der Waals surface area (Å²) < 4.78 is 11.5. The molecule has 0 saturated heterocycles. The molecule has 0 radical (unpaired) electrons. The molecule has 4 nitrogen and oxygen atoms in total. The van der Waals surface area contributed by atoms with Gasteiger partial charge in [0.1, 0.15) is 5.75 Å². The van der Waals surface area contributed by atoms with E-state index in [0.29, 0.717) is 18.3 Å². The minimum atomic E-state index is 0.683. The minimum Gasteiger partial charge on any atom is -0.494 e. The monoisotopic (exact) mass is 356 g/mol. The van der Waals surface area contributed by atoms with Crippen molar-refractivity contribution in [3.05, 3.63) is 36.7 Å². The number of benzene rings is 1. The zero-order valence-electron chi connectivity index (χ0n) is 16.4. The standard InChI is InChI=1S/C22H32N2O2/c1-4-6-7-8-14-25-20-11-9-19(10-12-20)22-23-16-21(17-24-22)26-15-13-18(3)5-2/h9-12,16-18H,4-8,13-15H2,1-3H3. The quantitative estimate of drug-likeness (QED) is 0.443. The van der Waals surface area contributed by atoms with Gasteiger partial charge in [0.15, 0.2) is 11.6 Å². The van der Waals surface area contributed by atoms with E-state index in [-0.39, 0.29) is 0 Å². The highest BCUT2D eigenvalue weighted by Crippen LogP contribution is 2.21. The predicted octanol–water partition coefficient (Wildman–Crippen LogP) is 5.92. The van der Waals surface area contributed by atoms with Gasteiger partial charge in [-0.3, -0.25) is 0 Å². The van der Waals surface area contributed by atoms with Crippen LogP contribution in [0.4, 0.5) is 0 Å². The molecule has 0 aliphatic rings. The van der Waals surface area contributed by atoms with Gasteiger partial charge >= 0.3 is 0 Å². The lowest BCUT2D eigenvalue weighted by Crippen LogP contribution is -2.04. The van der Waals surface area contributed by atoms with Gasteiger partial charge in [-0.15, -0.1) is 0 Å². The highest BCUT2D eigenvalue weighted by molar-refractivity contribution is 5.56. The largest absolute Gasteiger partial charge is 0.494 e. The van der Waals surface area contributed by atoms with Crippen LogP contribution in [-0.4, -0.2) is 23.2 Å². The molecule has 1 unspecified atom stereocenters. The lowest BCUT2D eigenvalue weighted by Gasteiger charge is -2.10. The number of ether oxygens (including phenoxy) is 2. The lowest BCUT2D eigenvalue weighted by atomic mass is 10.1. The van der Waals surface area contributed by atoms with Gasteiger partial charge in [-0.25, -0.2) is 9.97 Å². The Labute approximate surface area is 158 Å². The van der Waals surface area contributed by atoms with E-state index in [2.05, 4.69) is 30.7 Å². The van der Waals surface area contributed by atoms with Crippen LogP contribution in [0.1, 0.15) is 59.3 Å². The molecule has 1 heterocycles. The summed E-state index contributed by atoms with van der Waals surface area (Å²) >= 11 is 0. The van der Waals surface area contributed by atoms with Crippen molar-refractivity contribution < 1.29 is 9.47 Å². The molecule has 2 aromatic rings. The van der Waals surface area contributed by atoms with E-state index >= 15 is 0 Å². The minimum absolute atomic E-state index is 0.683. The third kappa shape index (κ3) is 7.03. The van der Waals surface area contributed by atoms with Crippen molar-refractivity contribution in [1.29, 1.82) is 0 Å². The molecular formula is C22H32N2O2. The molecule has 0 amide bonds. The second-order valence-electron chi connectivity index (χ2n) is 6.83. The SMILES string of the molecule is CCCCCCOc1ccc(-c2ncc(OCCC(C)CC)cn2)cc1. The van der Waals surface area contributed by atoms with Crippen LogP contribution < -0.4 is 9.47 Å². The fourth-order valence-corrected chi connectivity index (χ4v) is 2.54. The van der Waals surface area contributed by atoms with Gasteiger partial charge < -0.3 is 9.47 Å². The highest BCUT2D eigenvalue weighted by atomic mass is 16.5. The Balaban J connectivity index is 1.81. The molecule has 4 heteroatoms. The van der Waals surface area contributed by atoms with E-state index in [4.69, 9.17) is 9.47 Å². The first-order valence-electron chi connectivity index (χ1n) is 9.91. The molecule has 2 rings (SSSR count). The van der Waals surface area contributed by atoms with E-state index in [1.807, 2.05) is 24.3 Å². The fraction of sp³-hybridized carbons (Fsp3) is 0.545. The molecule has 0 aliphatic heterocycles. The Hall–Kier alpha value is -2.10. The predicted molar refractivity (Wildman–Crippen MR) is 107 cm³/mol. The van der Waals surface area contributed by atoms with Crippen molar-refractivity contribution in [2.45, 2.75) is 59.3 Å². The fourth-order valence-electron chi connectivity index (χ4n) is 2.54. The summed E-state index contributed by atoms with van der Waals surface area (Å²) in [7, 11) is 0. The summed E-state index contributed by atoms with van der Waals surface area (Å²) in [5, 5.41) is 0. The summed E-state index contributed by atoms with van der Waals surface area (Å²) in [6, 6.07) is 7.96. The Kier molecular flexibility index (Phi) is 8.94. The molecule has 0 spiro atoms. The highest BCUT2D eigenvalue weighted by Gasteiger charge is 2.04. The molecule has 0 N–H and O–H groups in total. The van der Waals surface area contributed by atoms with Crippen LogP contribution in [0.25, 0.3) is 11.4 Å². The lowest BCUT2D eigenvalue weighted by molar-refractivity contribution is 0.280. The second kappa shape index (κ2) is 11.5. The zero-order valence-corrected chi connectivity index (χ0v) is 16.4. The Morgan fingerprint density at radius 1 is 0.846 bits per heavy atom. The van der Waals surface area contributed by atoms with Gasteiger partial charge in [0.05, 0.1) is 25.6 Å². The number of aromatic nitrogens is 2. The summed E-state index contributed by atoms with van der Waals surface area (Å²) in [6.07, 6.45) is 10.6. The molecule has 26 heavy (non-hydrogen) atoms. The van der Waals surface area contributed by atoms with Gasteiger partial charge in [-0.1, -0.05) is 46.5 Å². The van der Waals surface area contributed by atoms with Crippen molar-refractivity contribution >= 4 is 0 Å². The van der Waals surface area contributed by atoms with E-state index in [9.17, 15) is 0 Å². The zero-order chi connectivity index (χ0) is 18.6. The van der Waals surface area contributed by atoms with Gasteiger partial charge in [-0.05, 0) is 43.0 Å². The molecule has 0 bridgehead atoms. The second-order valence-corrected chi connectivity index (χ2v) is 6.83. The first-order valence-corrected chi connectivity index (χ1v) is 9.91. The van der Waals surface area contributed by atoms with Crippen LogP contribution in [0.3, 0.4) is 0 Å². The third-order valence-corrected chi connectivity index (χ3v) is 4.58. The van der Waals surface area contributed by atoms with Gasteiger partial charge in [-0.2, -0.15) is 0 Å². The third-order valence-electron chi connectivity index (χ3n) is 4.58. The number of hydrogen-bond donors (Lipinski definition) is 0. The van der Waals surface area contributed by atoms with Crippen molar-refractivity contribution in [3.63, 3.8) is 0 Å². The molecule has 0 aliphatic carbocycles. The molecule has 142 valence electrons. The molecular weight excluding hydrogens is 324 g/mol. The molecule has 1 aromatic heterocycles. The Morgan fingerprint density at radius 2 is 1.54 bits per heavy atom. The number of hydrogen-bond acceptors (Lipinski definition) is 4. The van der Waals surface area contributed by atoms with Gasteiger partial charge in [0, 0.05) is 5.56 Å². The van der Waals surface area contributed by atoms with Crippen molar-refractivity contribution in [1.82, 2.24) is 9.97 Å². The van der Waals surface area contributed by atoms with E-state index < -0.39 is 0 Å². The van der Waals surface area contributed by atoms with Crippen LogP contribution in [0.2, 0.25) is 0 Å². The first kappa shape index (κ1) is 20.2. The van der Waals surface area contributed by atoms with Crippen LogP contribution in [0, 0.1) is 5.92 Å². The molecule has 0 fully saturated rings. The summed E-state index contributed by atoms with van der Waals surface area (Å²) in [5.74, 6) is 3.01. The van der Waals surface area contributed by atoms with Gasteiger partial charge in [0.2, 0.25) is 0 Å². The average molecular weight is 357 g/mol. The topological polar surface area (TPSA) is 44.2 Å². The van der Waals surface area contributed by atoms with Crippen LogP contribution >= 0.6 is 0 Å².